The normalized spacial score (nSPS) is 17.0. The van der Waals surface area contributed by atoms with E-state index in [9.17, 15) is 13.2 Å². The second kappa shape index (κ2) is 8.49. The number of benzene rings is 1. The molecule has 0 N–H and O–H groups in total. The lowest BCUT2D eigenvalue weighted by Gasteiger charge is -2.34. The van der Waals surface area contributed by atoms with Crippen LogP contribution in [0.5, 0.6) is 0 Å². The third-order valence-corrected chi connectivity index (χ3v) is 8.77. The van der Waals surface area contributed by atoms with Crippen molar-refractivity contribution in [3.63, 3.8) is 0 Å². The van der Waals surface area contributed by atoms with E-state index >= 15 is 0 Å². The summed E-state index contributed by atoms with van der Waals surface area (Å²) in [6.07, 6.45) is 5.44. The predicted octanol–water partition coefficient (Wildman–Crippen LogP) is 1.70. The Kier molecular flexibility index (Phi) is 5.65. The van der Waals surface area contributed by atoms with E-state index in [-0.39, 0.29) is 5.91 Å². The van der Waals surface area contributed by atoms with Crippen molar-refractivity contribution >= 4 is 21.7 Å². The molecule has 10 heteroatoms. The van der Waals surface area contributed by atoms with Crippen LogP contribution >= 0.6 is 0 Å². The molecule has 2 aromatic heterocycles. The first-order valence-corrected chi connectivity index (χ1v) is 12.8. The first-order chi connectivity index (χ1) is 15.8. The van der Waals surface area contributed by atoms with Crippen molar-refractivity contribution in [3.05, 3.63) is 52.6 Å². The zero-order valence-corrected chi connectivity index (χ0v) is 19.8. The quantitative estimate of drug-likeness (QED) is 0.565. The summed E-state index contributed by atoms with van der Waals surface area (Å²) < 4.78 is 29.5. The number of hydrogen-bond donors (Lipinski definition) is 0. The molecule has 0 radical (unpaired) electrons. The van der Waals surface area contributed by atoms with Gasteiger partial charge in [-0.3, -0.25) is 4.79 Å². The first-order valence-electron chi connectivity index (χ1n) is 11.4. The molecule has 1 aliphatic carbocycles. The van der Waals surface area contributed by atoms with Crippen LogP contribution in [-0.4, -0.2) is 69.3 Å². The molecule has 0 saturated carbocycles. The highest BCUT2D eigenvalue weighted by Crippen LogP contribution is 2.27. The van der Waals surface area contributed by atoms with Gasteiger partial charge in [-0.2, -0.15) is 14.4 Å². The van der Waals surface area contributed by atoms with E-state index in [1.807, 2.05) is 26.0 Å². The van der Waals surface area contributed by atoms with Crippen LogP contribution in [0.1, 0.15) is 40.9 Å². The van der Waals surface area contributed by atoms with E-state index in [0.29, 0.717) is 49.7 Å². The molecule has 1 amide bonds. The number of sulfonamides is 1. The van der Waals surface area contributed by atoms with Gasteiger partial charge in [0, 0.05) is 44.0 Å². The monoisotopic (exact) mass is 468 g/mol. The van der Waals surface area contributed by atoms with Gasteiger partial charge >= 0.3 is 0 Å². The van der Waals surface area contributed by atoms with Crippen molar-refractivity contribution in [2.24, 2.45) is 0 Å². The van der Waals surface area contributed by atoms with E-state index in [2.05, 4.69) is 15.1 Å². The highest BCUT2D eigenvalue weighted by molar-refractivity contribution is 7.89. The molecule has 5 rings (SSSR count). The highest BCUT2D eigenvalue weighted by Gasteiger charge is 2.31. The lowest BCUT2D eigenvalue weighted by atomic mass is 10.1. The Bertz CT molecular complexity index is 1330. The molecule has 1 aromatic carbocycles. The maximum absolute atomic E-state index is 13.1. The Hall–Kier alpha value is -2.85. The van der Waals surface area contributed by atoms with Crippen molar-refractivity contribution < 1.29 is 13.2 Å². The second-order valence-electron chi connectivity index (χ2n) is 8.80. The lowest BCUT2D eigenvalue weighted by molar-refractivity contribution is -0.132. The van der Waals surface area contributed by atoms with Gasteiger partial charge in [0.1, 0.15) is 6.33 Å². The molecule has 3 aromatic rings. The molecule has 2 aliphatic rings. The Morgan fingerprint density at radius 2 is 1.82 bits per heavy atom. The van der Waals surface area contributed by atoms with E-state index in [4.69, 9.17) is 0 Å². The van der Waals surface area contributed by atoms with Crippen LogP contribution in [-0.2, 0) is 34.1 Å². The van der Waals surface area contributed by atoms with Gasteiger partial charge in [-0.25, -0.2) is 17.9 Å². The smallest absolute Gasteiger partial charge is 0.252 e. The fourth-order valence-electron chi connectivity index (χ4n) is 4.94. The van der Waals surface area contributed by atoms with Crippen molar-refractivity contribution in [1.82, 2.24) is 28.8 Å². The van der Waals surface area contributed by atoms with Gasteiger partial charge < -0.3 is 4.90 Å². The zero-order chi connectivity index (χ0) is 23.2. The summed E-state index contributed by atoms with van der Waals surface area (Å²) in [5.41, 5.74) is 5.19. The Labute approximate surface area is 193 Å². The third kappa shape index (κ3) is 4.02. The van der Waals surface area contributed by atoms with E-state index in [1.165, 1.54) is 16.2 Å². The Balaban J connectivity index is 1.21. The van der Waals surface area contributed by atoms with Crippen molar-refractivity contribution in [1.29, 1.82) is 0 Å². The number of hydrogen-bond acceptors (Lipinski definition) is 6. The second-order valence-corrected chi connectivity index (χ2v) is 10.7. The average Bonchev–Trinajstić information content (AvgIpc) is 3.47. The fourth-order valence-corrected chi connectivity index (χ4v) is 6.42. The molecule has 1 aliphatic heterocycles. The maximum atomic E-state index is 13.1. The maximum Gasteiger partial charge on any atom is 0.252 e. The molecule has 9 nitrogen and oxygen atoms in total. The zero-order valence-electron chi connectivity index (χ0n) is 19.0. The first kappa shape index (κ1) is 22.0. The highest BCUT2D eigenvalue weighted by atomic mass is 32.2. The van der Waals surface area contributed by atoms with Crippen molar-refractivity contribution in [2.75, 3.05) is 26.2 Å². The summed E-state index contributed by atoms with van der Waals surface area (Å²) in [6.45, 7) is 5.32. The van der Waals surface area contributed by atoms with Gasteiger partial charge in [-0.05, 0) is 68.4 Å². The third-order valence-electron chi connectivity index (χ3n) is 6.88. The summed E-state index contributed by atoms with van der Waals surface area (Å²) in [5.74, 6) is 0.586. The van der Waals surface area contributed by atoms with Crippen molar-refractivity contribution in [3.8, 4) is 0 Å². The number of carbonyl (C=O) groups excluding carboxylic acids is 1. The van der Waals surface area contributed by atoms with E-state index in [1.54, 1.807) is 15.5 Å². The van der Waals surface area contributed by atoms with Gasteiger partial charge in [-0.1, -0.05) is 6.07 Å². The molecule has 0 unspecified atom stereocenters. The molecule has 33 heavy (non-hydrogen) atoms. The molecule has 1 fully saturated rings. The largest absolute Gasteiger partial charge is 0.340 e. The van der Waals surface area contributed by atoms with E-state index in [0.717, 1.165) is 41.8 Å². The van der Waals surface area contributed by atoms with Crippen LogP contribution in [0.3, 0.4) is 0 Å². The minimum atomic E-state index is -3.54. The number of rotatable bonds is 5. The molecule has 1 saturated heterocycles. The summed E-state index contributed by atoms with van der Waals surface area (Å²) in [6, 6.07) is 5.51. The number of nitrogens with zero attached hydrogens (tertiary/aromatic N) is 6. The average molecular weight is 469 g/mol. The van der Waals surface area contributed by atoms with Crippen LogP contribution < -0.4 is 0 Å². The predicted molar refractivity (Wildman–Crippen MR) is 122 cm³/mol. The van der Waals surface area contributed by atoms with Crippen molar-refractivity contribution in [2.45, 2.75) is 50.8 Å². The number of aryl methyl sites for hydroxylation is 4. The van der Waals surface area contributed by atoms with Crippen LogP contribution in [0.15, 0.2) is 29.4 Å². The fraction of sp³-hybridized carbons (Fsp3) is 0.478. The number of piperazine rings is 1. The van der Waals surface area contributed by atoms with E-state index < -0.39 is 10.0 Å². The number of amides is 1. The van der Waals surface area contributed by atoms with Gasteiger partial charge in [0.15, 0.2) is 0 Å². The number of fused-ring (bicyclic) bond motifs is 2. The Morgan fingerprint density at radius 3 is 2.61 bits per heavy atom. The Morgan fingerprint density at radius 1 is 1.06 bits per heavy atom. The summed E-state index contributed by atoms with van der Waals surface area (Å²) in [7, 11) is -3.54. The minimum absolute atomic E-state index is 0.0297. The standard InChI is InChI=1S/C23H28N6O3S/c1-16-21(17(2)29-23(26-16)24-15-25-29)8-9-22(30)27-10-12-28(13-11-27)33(31,32)20-7-6-18-4-3-5-19(18)14-20/h6-7,14-15H,3-5,8-13H2,1-2H3. The van der Waals surface area contributed by atoms with Gasteiger partial charge in [-0.15, -0.1) is 0 Å². The van der Waals surface area contributed by atoms with Gasteiger partial charge in [0.25, 0.3) is 5.78 Å². The van der Waals surface area contributed by atoms with Crippen LogP contribution in [0.2, 0.25) is 0 Å². The van der Waals surface area contributed by atoms with Crippen LogP contribution in [0.4, 0.5) is 0 Å². The minimum Gasteiger partial charge on any atom is -0.340 e. The topological polar surface area (TPSA) is 101 Å². The number of aromatic nitrogens is 4. The van der Waals surface area contributed by atoms with Crippen LogP contribution in [0, 0.1) is 13.8 Å². The van der Waals surface area contributed by atoms with Crippen LogP contribution in [0.25, 0.3) is 5.78 Å². The SMILES string of the molecule is Cc1nc2ncnn2c(C)c1CCC(=O)N1CCN(S(=O)(=O)c2ccc3c(c2)CCC3)CC1. The summed E-state index contributed by atoms with van der Waals surface area (Å²) in [5, 5.41) is 4.20. The molecule has 174 valence electrons. The van der Waals surface area contributed by atoms with Gasteiger partial charge in [0.05, 0.1) is 4.90 Å². The lowest BCUT2D eigenvalue weighted by Crippen LogP contribution is -2.50. The molecule has 0 bridgehead atoms. The molecule has 0 atom stereocenters. The summed E-state index contributed by atoms with van der Waals surface area (Å²) in [4.78, 5) is 23.6. The number of carbonyl (C=O) groups is 1. The molecular weight excluding hydrogens is 440 g/mol. The molecule has 0 spiro atoms. The molecular formula is C23H28N6O3S. The summed E-state index contributed by atoms with van der Waals surface area (Å²) >= 11 is 0. The van der Waals surface area contributed by atoms with Gasteiger partial charge in [0.2, 0.25) is 15.9 Å². The molecule has 3 heterocycles.